The van der Waals surface area contributed by atoms with Crippen LogP contribution in [0.15, 0.2) is 70.3 Å². The molecule has 1 N–H and O–H groups in total. The molecule has 0 saturated heterocycles. The van der Waals surface area contributed by atoms with Gasteiger partial charge in [0.05, 0.1) is 6.54 Å². The van der Waals surface area contributed by atoms with Crippen LogP contribution >= 0.6 is 0 Å². The summed E-state index contributed by atoms with van der Waals surface area (Å²) in [4.78, 5) is 29.6. The summed E-state index contributed by atoms with van der Waals surface area (Å²) in [7, 11) is 2.93. The molecular formula is C22H22N4O5. The molecule has 2 heterocycles. The zero-order chi connectivity index (χ0) is 22.0. The molecule has 9 heteroatoms. The Morgan fingerprint density at radius 1 is 0.935 bits per heavy atom. The molecule has 0 saturated carbocycles. The first-order valence-corrected chi connectivity index (χ1v) is 9.70. The number of aliphatic hydroxyl groups is 1. The van der Waals surface area contributed by atoms with Crippen LogP contribution in [-0.4, -0.2) is 36.5 Å². The first-order chi connectivity index (χ1) is 15.0. The standard InChI is InChI=1S/C22H22N4O5/c1-24-19-18(20(28)25(2)22(24)29)26(21(23-19)31-17-11-7-4-8-12-17)13-15(27)14-30-16-9-5-3-6-10-16/h3-12,15,27H,13-14H2,1-2H3/t15-/m0/s1. The van der Waals surface area contributed by atoms with E-state index in [4.69, 9.17) is 9.47 Å². The highest BCUT2D eigenvalue weighted by Crippen LogP contribution is 2.24. The Balaban J connectivity index is 1.73. The molecule has 0 aliphatic heterocycles. The predicted molar refractivity (Wildman–Crippen MR) is 115 cm³/mol. The lowest BCUT2D eigenvalue weighted by Crippen LogP contribution is -2.38. The van der Waals surface area contributed by atoms with E-state index < -0.39 is 17.4 Å². The average Bonchev–Trinajstić information content (AvgIpc) is 3.14. The molecule has 0 amide bonds. The zero-order valence-electron chi connectivity index (χ0n) is 17.1. The summed E-state index contributed by atoms with van der Waals surface area (Å²) in [6, 6.07) is 18.2. The van der Waals surface area contributed by atoms with E-state index in [1.807, 2.05) is 24.3 Å². The average molecular weight is 422 g/mol. The summed E-state index contributed by atoms with van der Waals surface area (Å²) in [5.74, 6) is 1.13. The maximum absolute atomic E-state index is 12.9. The van der Waals surface area contributed by atoms with Crippen LogP contribution in [0.4, 0.5) is 0 Å². The van der Waals surface area contributed by atoms with Gasteiger partial charge in [-0.3, -0.25) is 18.5 Å². The second-order valence-corrected chi connectivity index (χ2v) is 7.08. The van der Waals surface area contributed by atoms with Crippen molar-refractivity contribution in [3.8, 4) is 17.5 Å². The number of hydrogen-bond donors (Lipinski definition) is 1. The SMILES string of the molecule is Cn1c(=O)c2c(nc(Oc3ccccc3)n2C[C@H](O)COc2ccccc2)n(C)c1=O. The summed E-state index contributed by atoms with van der Waals surface area (Å²) in [6.07, 6.45) is -0.960. The lowest BCUT2D eigenvalue weighted by Gasteiger charge is -2.15. The van der Waals surface area contributed by atoms with Crippen molar-refractivity contribution in [1.82, 2.24) is 18.7 Å². The molecule has 0 aliphatic rings. The van der Waals surface area contributed by atoms with Crippen LogP contribution in [0.3, 0.4) is 0 Å². The molecule has 0 fully saturated rings. The number of aromatic nitrogens is 4. The third-order valence-corrected chi connectivity index (χ3v) is 4.84. The van der Waals surface area contributed by atoms with Gasteiger partial charge in [-0.1, -0.05) is 36.4 Å². The highest BCUT2D eigenvalue weighted by atomic mass is 16.5. The van der Waals surface area contributed by atoms with Crippen molar-refractivity contribution in [1.29, 1.82) is 0 Å². The molecule has 2 aromatic heterocycles. The third-order valence-electron chi connectivity index (χ3n) is 4.84. The third kappa shape index (κ3) is 4.08. The van der Waals surface area contributed by atoms with E-state index in [2.05, 4.69) is 4.98 Å². The quantitative estimate of drug-likeness (QED) is 0.486. The molecule has 0 bridgehead atoms. The summed E-state index contributed by atoms with van der Waals surface area (Å²) in [5, 5.41) is 10.6. The molecule has 31 heavy (non-hydrogen) atoms. The van der Waals surface area contributed by atoms with Crippen LogP contribution in [0, 0.1) is 0 Å². The monoisotopic (exact) mass is 422 g/mol. The normalized spacial score (nSPS) is 12.1. The van der Waals surface area contributed by atoms with E-state index in [1.54, 1.807) is 36.4 Å². The van der Waals surface area contributed by atoms with Crippen LogP contribution in [0.2, 0.25) is 0 Å². The number of para-hydroxylation sites is 2. The van der Waals surface area contributed by atoms with E-state index >= 15 is 0 Å². The number of aryl methyl sites for hydroxylation is 1. The summed E-state index contributed by atoms with van der Waals surface area (Å²) >= 11 is 0. The number of fused-ring (bicyclic) bond motifs is 1. The lowest BCUT2D eigenvalue weighted by atomic mass is 10.3. The fourth-order valence-electron chi connectivity index (χ4n) is 3.24. The molecule has 160 valence electrons. The fraction of sp³-hybridized carbons (Fsp3) is 0.227. The summed E-state index contributed by atoms with van der Waals surface area (Å²) in [5.41, 5.74) is -0.685. The van der Waals surface area contributed by atoms with E-state index in [9.17, 15) is 14.7 Å². The van der Waals surface area contributed by atoms with E-state index in [0.717, 1.165) is 4.57 Å². The van der Waals surface area contributed by atoms with Gasteiger partial charge in [0.2, 0.25) is 0 Å². The maximum atomic E-state index is 12.9. The highest BCUT2D eigenvalue weighted by Gasteiger charge is 2.22. The molecule has 4 aromatic rings. The smallest absolute Gasteiger partial charge is 0.332 e. The van der Waals surface area contributed by atoms with Crippen molar-refractivity contribution in [2.24, 2.45) is 14.1 Å². The molecule has 9 nitrogen and oxygen atoms in total. The Morgan fingerprint density at radius 3 is 2.19 bits per heavy atom. The molecule has 0 radical (unpaired) electrons. The number of hydrogen-bond acceptors (Lipinski definition) is 6. The maximum Gasteiger partial charge on any atom is 0.332 e. The zero-order valence-corrected chi connectivity index (χ0v) is 17.1. The van der Waals surface area contributed by atoms with Crippen LogP contribution in [-0.2, 0) is 20.6 Å². The highest BCUT2D eigenvalue weighted by molar-refractivity contribution is 5.72. The van der Waals surface area contributed by atoms with Gasteiger partial charge in [-0.25, -0.2) is 4.79 Å². The van der Waals surface area contributed by atoms with E-state index in [-0.39, 0.29) is 30.3 Å². The van der Waals surface area contributed by atoms with Gasteiger partial charge in [-0.15, -0.1) is 0 Å². The van der Waals surface area contributed by atoms with E-state index in [0.29, 0.717) is 11.5 Å². The van der Waals surface area contributed by atoms with Crippen LogP contribution < -0.4 is 20.7 Å². The lowest BCUT2D eigenvalue weighted by molar-refractivity contribution is 0.0915. The first kappa shape index (κ1) is 20.4. The Kier molecular flexibility index (Phi) is 5.59. The molecule has 4 rings (SSSR count). The van der Waals surface area contributed by atoms with Gasteiger partial charge in [-0.2, -0.15) is 4.98 Å². The number of nitrogens with zero attached hydrogens (tertiary/aromatic N) is 4. The van der Waals surface area contributed by atoms with Gasteiger partial charge < -0.3 is 14.6 Å². The number of rotatable bonds is 7. The molecule has 2 aromatic carbocycles. The van der Waals surface area contributed by atoms with E-state index in [1.165, 1.54) is 23.2 Å². The van der Waals surface area contributed by atoms with Crippen molar-refractivity contribution in [3.63, 3.8) is 0 Å². The van der Waals surface area contributed by atoms with Crippen molar-refractivity contribution in [2.75, 3.05) is 6.61 Å². The van der Waals surface area contributed by atoms with Crippen molar-refractivity contribution < 1.29 is 14.6 Å². The second kappa shape index (κ2) is 8.49. The van der Waals surface area contributed by atoms with Crippen molar-refractivity contribution in [2.45, 2.75) is 12.6 Å². The summed E-state index contributed by atoms with van der Waals surface area (Å²) < 4.78 is 15.3. The Hall–Kier alpha value is -3.85. The molecule has 0 unspecified atom stereocenters. The minimum absolute atomic E-state index is 0.000539. The minimum Gasteiger partial charge on any atom is -0.491 e. The predicted octanol–water partition coefficient (Wildman–Crippen LogP) is 1.67. The molecular weight excluding hydrogens is 400 g/mol. The number of imidazole rings is 1. The van der Waals surface area contributed by atoms with Gasteiger partial charge in [0.25, 0.3) is 5.56 Å². The van der Waals surface area contributed by atoms with Gasteiger partial charge in [0, 0.05) is 14.1 Å². The number of ether oxygens (including phenoxy) is 2. The molecule has 1 atom stereocenters. The van der Waals surface area contributed by atoms with Crippen LogP contribution in [0.1, 0.15) is 0 Å². The van der Waals surface area contributed by atoms with Crippen molar-refractivity contribution >= 4 is 11.2 Å². The van der Waals surface area contributed by atoms with Gasteiger partial charge >= 0.3 is 11.7 Å². The minimum atomic E-state index is -0.960. The number of aliphatic hydroxyl groups excluding tert-OH is 1. The second-order valence-electron chi connectivity index (χ2n) is 7.08. The number of benzene rings is 2. The van der Waals surface area contributed by atoms with Crippen LogP contribution in [0.25, 0.3) is 11.2 Å². The Labute approximate surface area is 177 Å². The topological polar surface area (TPSA) is 101 Å². The Morgan fingerprint density at radius 2 is 1.55 bits per heavy atom. The summed E-state index contributed by atoms with van der Waals surface area (Å²) in [6.45, 7) is -0.0144. The molecule has 0 aliphatic carbocycles. The fourth-order valence-corrected chi connectivity index (χ4v) is 3.24. The largest absolute Gasteiger partial charge is 0.491 e. The first-order valence-electron chi connectivity index (χ1n) is 9.70. The van der Waals surface area contributed by atoms with Crippen molar-refractivity contribution in [3.05, 3.63) is 81.5 Å². The van der Waals surface area contributed by atoms with Gasteiger partial charge in [0.15, 0.2) is 11.2 Å². The molecule has 0 spiro atoms. The van der Waals surface area contributed by atoms with Crippen LogP contribution in [0.5, 0.6) is 17.5 Å². The van der Waals surface area contributed by atoms with Gasteiger partial charge in [0.1, 0.15) is 24.2 Å². The van der Waals surface area contributed by atoms with Gasteiger partial charge in [-0.05, 0) is 24.3 Å². The Bertz CT molecular complexity index is 1310.